The molecule has 9 heteroatoms. The molecule has 4 aliphatic carbocycles. The van der Waals surface area contributed by atoms with Gasteiger partial charge in [-0.05, 0) is 59.5 Å². The smallest absolute Gasteiger partial charge is 0.306 e. The van der Waals surface area contributed by atoms with Crippen molar-refractivity contribution in [2.75, 3.05) is 7.11 Å². The number of methoxy groups -OCH3 is 1. The zero-order valence-electron chi connectivity index (χ0n) is 24.4. The zero-order chi connectivity index (χ0) is 28.5. The van der Waals surface area contributed by atoms with Gasteiger partial charge >= 0.3 is 11.9 Å². The lowest BCUT2D eigenvalue weighted by molar-refractivity contribution is -0.476. The van der Waals surface area contributed by atoms with Crippen LogP contribution in [0.15, 0.2) is 23.0 Å². The molecule has 0 amide bonds. The molecule has 9 nitrogen and oxygen atoms in total. The number of esters is 2. The van der Waals surface area contributed by atoms with Gasteiger partial charge in [-0.2, -0.15) is 0 Å². The molecular weight excluding hydrogens is 516 g/mol. The van der Waals surface area contributed by atoms with Crippen LogP contribution in [0.3, 0.4) is 0 Å². The molecule has 7 aliphatic rings. The van der Waals surface area contributed by atoms with Gasteiger partial charge in [0, 0.05) is 24.7 Å². The quantitative estimate of drug-likeness (QED) is 0.548. The molecule has 3 saturated heterocycles. The number of furan rings is 1. The summed E-state index contributed by atoms with van der Waals surface area (Å²) in [6.45, 7) is 12.5. The minimum Gasteiger partial charge on any atom is -0.472 e. The topological polar surface area (TPSA) is 114 Å². The molecule has 4 bridgehead atoms. The first-order valence-corrected chi connectivity index (χ1v) is 14.8. The first-order chi connectivity index (χ1) is 18.7. The number of hydrogen-bond acceptors (Lipinski definition) is 9. The van der Waals surface area contributed by atoms with Gasteiger partial charge in [-0.1, -0.05) is 34.6 Å². The van der Waals surface area contributed by atoms with Crippen molar-refractivity contribution in [1.29, 1.82) is 0 Å². The SMILES string of the molecule is COC(=O)CC1C2(C)CC34OC5(C)OC67C(CC(=O)OC6C3(O)C2C)C(C)(C(C)c2ccoc2)CCC7(O5)C14C. The van der Waals surface area contributed by atoms with Crippen molar-refractivity contribution in [3.8, 4) is 0 Å². The molecule has 218 valence electrons. The first-order valence-electron chi connectivity index (χ1n) is 14.8. The van der Waals surface area contributed by atoms with Crippen molar-refractivity contribution in [3.63, 3.8) is 0 Å². The van der Waals surface area contributed by atoms with Crippen LogP contribution in [0.5, 0.6) is 0 Å². The molecule has 7 fully saturated rings. The molecule has 3 spiro atoms. The van der Waals surface area contributed by atoms with E-state index in [0.717, 1.165) is 12.0 Å². The Morgan fingerprint density at radius 3 is 2.55 bits per heavy atom. The van der Waals surface area contributed by atoms with Crippen molar-refractivity contribution >= 4 is 11.9 Å². The summed E-state index contributed by atoms with van der Waals surface area (Å²) >= 11 is 0. The van der Waals surface area contributed by atoms with E-state index in [1.807, 2.05) is 13.0 Å². The van der Waals surface area contributed by atoms with Gasteiger partial charge in [-0.15, -0.1) is 0 Å². The molecule has 3 aliphatic heterocycles. The Morgan fingerprint density at radius 1 is 1.15 bits per heavy atom. The van der Waals surface area contributed by atoms with Crippen molar-refractivity contribution in [2.45, 2.75) is 114 Å². The normalized spacial score (nSPS) is 59.0. The predicted octanol–water partition coefficient (Wildman–Crippen LogP) is 4.07. The molecule has 8 rings (SSSR count). The fourth-order valence-electron chi connectivity index (χ4n) is 12.4. The van der Waals surface area contributed by atoms with Gasteiger partial charge in [-0.25, -0.2) is 0 Å². The van der Waals surface area contributed by atoms with Crippen molar-refractivity contribution < 1.29 is 42.8 Å². The molecule has 13 unspecified atom stereocenters. The second-order valence-corrected chi connectivity index (χ2v) is 14.8. The molecule has 4 saturated carbocycles. The van der Waals surface area contributed by atoms with Crippen LogP contribution >= 0.6 is 0 Å². The van der Waals surface area contributed by atoms with E-state index in [9.17, 15) is 14.7 Å². The Morgan fingerprint density at radius 2 is 1.88 bits per heavy atom. The Hall–Kier alpha value is -1.94. The van der Waals surface area contributed by atoms with E-state index in [0.29, 0.717) is 12.8 Å². The monoisotopic (exact) mass is 556 g/mol. The standard InChI is InChI=1S/C31H40O9/c1-16(18-8-11-36-14-18)24(3)9-10-28-26(5)19(12-21(32)35-7)25(4)15-29(26)30(34,17(25)2)23-31(28,20(24)13-22(33)37-23)40-27(6,38-28)39-29/h8,11,14,16-17,19-20,23,34H,9-10,12-13,15H2,1-7H3. The van der Waals surface area contributed by atoms with Gasteiger partial charge in [0.15, 0.2) is 6.10 Å². The van der Waals surface area contributed by atoms with Crippen LogP contribution in [0.25, 0.3) is 0 Å². The number of fused-ring (bicyclic) bond motifs is 3. The van der Waals surface area contributed by atoms with Gasteiger partial charge in [0.2, 0.25) is 0 Å². The lowest BCUT2D eigenvalue weighted by Crippen LogP contribution is -2.93. The van der Waals surface area contributed by atoms with Gasteiger partial charge in [-0.3, -0.25) is 9.59 Å². The highest BCUT2D eigenvalue weighted by molar-refractivity contribution is 5.74. The summed E-state index contributed by atoms with van der Waals surface area (Å²) in [7, 11) is 1.42. The van der Waals surface area contributed by atoms with Gasteiger partial charge in [0.1, 0.15) is 22.4 Å². The number of hydrogen-bond donors (Lipinski definition) is 1. The van der Waals surface area contributed by atoms with Gasteiger partial charge < -0.3 is 33.2 Å². The largest absolute Gasteiger partial charge is 0.472 e. The summed E-state index contributed by atoms with van der Waals surface area (Å²) < 4.78 is 38.2. The zero-order valence-corrected chi connectivity index (χ0v) is 24.4. The lowest BCUT2D eigenvalue weighted by Gasteiger charge is -2.78. The predicted molar refractivity (Wildman–Crippen MR) is 137 cm³/mol. The highest BCUT2D eigenvalue weighted by Gasteiger charge is 3.02. The second kappa shape index (κ2) is 6.82. The number of ether oxygens (including phenoxy) is 5. The molecular formula is C31H40O9. The third-order valence-electron chi connectivity index (χ3n) is 14.2. The summed E-state index contributed by atoms with van der Waals surface area (Å²) in [6.07, 6.45) is 4.69. The Labute approximate surface area is 234 Å². The van der Waals surface area contributed by atoms with Crippen molar-refractivity contribution in [2.24, 2.45) is 34.0 Å². The van der Waals surface area contributed by atoms with E-state index in [1.165, 1.54) is 7.11 Å². The summed E-state index contributed by atoms with van der Waals surface area (Å²) in [5, 5.41) is 13.2. The maximum atomic E-state index is 13.6. The fourth-order valence-corrected chi connectivity index (χ4v) is 12.4. The Bertz CT molecular complexity index is 1340. The van der Waals surface area contributed by atoms with Crippen LogP contribution in [0.4, 0.5) is 0 Å². The van der Waals surface area contributed by atoms with Crippen LogP contribution in [0.2, 0.25) is 0 Å². The molecule has 13 atom stereocenters. The van der Waals surface area contributed by atoms with E-state index in [2.05, 4.69) is 27.7 Å². The minimum atomic E-state index is -1.54. The molecule has 0 aromatic carbocycles. The molecule has 40 heavy (non-hydrogen) atoms. The molecule has 1 aromatic heterocycles. The van der Waals surface area contributed by atoms with Crippen LogP contribution in [0, 0.1) is 34.0 Å². The number of rotatable bonds is 4. The minimum absolute atomic E-state index is 0.0277. The van der Waals surface area contributed by atoms with E-state index in [1.54, 1.807) is 19.5 Å². The van der Waals surface area contributed by atoms with E-state index in [4.69, 9.17) is 28.1 Å². The maximum absolute atomic E-state index is 13.6. The van der Waals surface area contributed by atoms with Crippen LogP contribution < -0.4 is 0 Å². The average Bonchev–Trinajstić information content (AvgIpc) is 3.59. The van der Waals surface area contributed by atoms with Crippen molar-refractivity contribution in [1.82, 2.24) is 0 Å². The number of carbonyl (C=O) groups excluding carboxylic acids is 2. The van der Waals surface area contributed by atoms with E-state index >= 15 is 0 Å². The summed E-state index contributed by atoms with van der Waals surface area (Å²) in [4.78, 5) is 26.6. The highest BCUT2D eigenvalue weighted by atomic mass is 16.9. The molecule has 1 N–H and O–H groups in total. The first kappa shape index (κ1) is 25.7. The molecule has 0 radical (unpaired) electrons. The van der Waals surface area contributed by atoms with E-state index < -0.39 is 50.7 Å². The Kier molecular flexibility index (Phi) is 4.39. The van der Waals surface area contributed by atoms with Gasteiger partial charge in [0.05, 0.1) is 26.1 Å². The second-order valence-electron chi connectivity index (χ2n) is 14.8. The summed E-state index contributed by atoms with van der Waals surface area (Å²) in [5.41, 5.74) is -5.50. The lowest BCUT2D eigenvalue weighted by atomic mass is 9.32. The summed E-state index contributed by atoms with van der Waals surface area (Å²) in [6, 6.07) is 1.98. The van der Waals surface area contributed by atoms with Crippen LogP contribution in [0.1, 0.15) is 85.1 Å². The third-order valence-corrected chi connectivity index (χ3v) is 14.2. The average molecular weight is 557 g/mol. The van der Waals surface area contributed by atoms with Crippen LogP contribution in [-0.2, 0) is 33.3 Å². The highest BCUT2D eigenvalue weighted by Crippen LogP contribution is 2.90. The van der Waals surface area contributed by atoms with Crippen LogP contribution in [-0.4, -0.2) is 58.6 Å². The molecule has 1 aromatic rings. The van der Waals surface area contributed by atoms with Crippen molar-refractivity contribution in [3.05, 3.63) is 24.2 Å². The molecule has 4 heterocycles. The fraction of sp³-hybridized carbons (Fsp3) is 0.806. The Balaban J connectivity index is 1.43. The number of aliphatic hydroxyl groups is 1. The number of carbonyl (C=O) groups is 2. The maximum Gasteiger partial charge on any atom is 0.306 e. The summed E-state index contributed by atoms with van der Waals surface area (Å²) in [5.74, 6) is -2.93. The third kappa shape index (κ3) is 2.14. The van der Waals surface area contributed by atoms with E-state index in [-0.39, 0.29) is 48.5 Å². The van der Waals surface area contributed by atoms with Gasteiger partial charge in [0.25, 0.3) is 5.97 Å².